The van der Waals surface area contributed by atoms with Crippen molar-refractivity contribution in [1.29, 1.82) is 5.26 Å². The number of aromatic nitrogens is 3. The van der Waals surface area contributed by atoms with Gasteiger partial charge in [0.25, 0.3) is 0 Å². The highest BCUT2D eigenvalue weighted by Gasteiger charge is 2.05. The largest absolute Gasteiger partial charge is 0.307 e. The normalized spacial score (nSPS) is 10.5. The second kappa shape index (κ2) is 6.31. The van der Waals surface area contributed by atoms with E-state index in [4.69, 9.17) is 5.26 Å². The molecule has 2 rings (SSSR count). The Morgan fingerprint density at radius 3 is 2.75 bits per heavy atom. The molecular formula is C15H19N5. The molecule has 5 heteroatoms. The molecule has 0 aliphatic heterocycles. The summed E-state index contributed by atoms with van der Waals surface area (Å²) >= 11 is 0. The smallest absolute Gasteiger partial charge is 0.101 e. The van der Waals surface area contributed by atoms with Crippen molar-refractivity contribution in [3.63, 3.8) is 0 Å². The highest BCUT2D eigenvalue weighted by molar-refractivity contribution is 5.35. The lowest BCUT2D eigenvalue weighted by molar-refractivity contribution is 0.623. The van der Waals surface area contributed by atoms with Gasteiger partial charge in [0.1, 0.15) is 6.07 Å². The summed E-state index contributed by atoms with van der Waals surface area (Å²) in [6, 6.07) is 6.17. The van der Waals surface area contributed by atoms with Gasteiger partial charge in [-0.3, -0.25) is 9.67 Å². The van der Waals surface area contributed by atoms with Crippen LogP contribution in [-0.4, -0.2) is 14.8 Å². The molecule has 2 aromatic rings. The molecule has 0 bridgehead atoms. The van der Waals surface area contributed by atoms with Gasteiger partial charge in [0, 0.05) is 26.3 Å². The molecule has 0 aliphatic rings. The fraction of sp³-hybridized carbons (Fsp3) is 0.400. The number of hydrogen-bond acceptors (Lipinski definition) is 4. The Hall–Kier alpha value is -2.19. The van der Waals surface area contributed by atoms with E-state index in [1.54, 1.807) is 0 Å². The maximum absolute atomic E-state index is 9.09. The minimum absolute atomic E-state index is 0.670. The van der Waals surface area contributed by atoms with Crippen LogP contribution in [0.25, 0.3) is 0 Å². The number of nitrogens with zero attached hydrogens (tertiary/aromatic N) is 4. The maximum atomic E-state index is 9.09. The molecule has 0 spiro atoms. The van der Waals surface area contributed by atoms with Crippen LogP contribution in [0.5, 0.6) is 0 Å². The Balaban J connectivity index is 1.98. The van der Waals surface area contributed by atoms with Crippen LogP contribution in [0.2, 0.25) is 0 Å². The van der Waals surface area contributed by atoms with Crippen LogP contribution in [0.15, 0.2) is 18.3 Å². The van der Waals surface area contributed by atoms with Gasteiger partial charge < -0.3 is 5.32 Å². The summed E-state index contributed by atoms with van der Waals surface area (Å²) in [5.74, 6) is 0. The number of aryl methyl sites for hydroxylation is 3. The summed E-state index contributed by atoms with van der Waals surface area (Å²) in [4.78, 5) is 4.34. The van der Waals surface area contributed by atoms with Gasteiger partial charge in [0.2, 0.25) is 0 Å². The van der Waals surface area contributed by atoms with E-state index in [1.165, 1.54) is 0 Å². The molecule has 0 amide bonds. The topological polar surface area (TPSA) is 66.5 Å². The molecular weight excluding hydrogens is 250 g/mol. The minimum atomic E-state index is 0.670. The Bertz CT molecular complexity index is 636. The van der Waals surface area contributed by atoms with E-state index in [2.05, 4.69) is 27.5 Å². The Morgan fingerprint density at radius 1 is 1.35 bits per heavy atom. The number of hydrogen-bond donors (Lipinski definition) is 1. The van der Waals surface area contributed by atoms with Gasteiger partial charge in [-0.2, -0.15) is 10.4 Å². The quantitative estimate of drug-likeness (QED) is 0.899. The van der Waals surface area contributed by atoms with E-state index in [1.807, 2.05) is 37.8 Å². The first-order valence-electron chi connectivity index (χ1n) is 6.72. The van der Waals surface area contributed by atoms with E-state index in [0.717, 1.165) is 35.6 Å². The van der Waals surface area contributed by atoms with Gasteiger partial charge in [-0.15, -0.1) is 0 Å². The van der Waals surface area contributed by atoms with Crippen molar-refractivity contribution in [2.24, 2.45) is 7.05 Å². The van der Waals surface area contributed by atoms with Gasteiger partial charge >= 0.3 is 0 Å². The molecule has 0 radical (unpaired) electrons. The molecule has 2 heterocycles. The van der Waals surface area contributed by atoms with Crippen LogP contribution in [0.3, 0.4) is 0 Å². The number of rotatable bonds is 5. The van der Waals surface area contributed by atoms with E-state index < -0.39 is 0 Å². The van der Waals surface area contributed by atoms with Crippen molar-refractivity contribution in [2.75, 3.05) is 0 Å². The molecule has 0 saturated carbocycles. The highest BCUT2D eigenvalue weighted by Crippen LogP contribution is 2.09. The summed E-state index contributed by atoms with van der Waals surface area (Å²) < 4.78 is 1.88. The van der Waals surface area contributed by atoms with Gasteiger partial charge in [-0.25, -0.2) is 0 Å². The average molecular weight is 269 g/mol. The fourth-order valence-corrected chi connectivity index (χ4v) is 2.18. The van der Waals surface area contributed by atoms with Crippen molar-refractivity contribution in [2.45, 2.75) is 33.4 Å². The number of pyridine rings is 1. The van der Waals surface area contributed by atoms with Crippen molar-refractivity contribution < 1.29 is 0 Å². The Kier molecular flexibility index (Phi) is 4.49. The third kappa shape index (κ3) is 3.22. The highest BCUT2D eigenvalue weighted by atomic mass is 15.3. The third-order valence-corrected chi connectivity index (χ3v) is 3.22. The summed E-state index contributed by atoms with van der Waals surface area (Å²) in [5.41, 5.74) is 4.71. The zero-order valence-electron chi connectivity index (χ0n) is 12.1. The first-order chi connectivity index (χ1) is 9.63. The van der Waals surface area contributed by atoms with Crippen LogP contribution >= 0.6 is 0 Å². The summed E-state index contributed by atoms with van der Waals surface area (Å²) in [6.45, 7) is 5.42. The monoisotopic (exact) mass is 269 g/mol. The molecule has 104 valence electrons. The second-order valence-electron chi connectivity index (χ2n) is 4.81. The van der Waals surface area contributed by atoms with E-state index >= 15 is 0 Å². The minimum Gasteiger partial charge on any atom is -0.307 e. The first-order valence-corrected chi connectivity index (χ1v) is 6.72. The number of nitriles is 1. The van der Waals surface area contributed by atoms with Crippen molar-refractivity contribution in [3.8, 4) is 6.07 Å². The number of nitrogens with one attached hydrogen (secondary N) is 1. The van der Waals surface area contributed by atoms with Crippen LogP contribution < -0.4 is 5.32 Å². The summed E-state index contributed by atoms with van der Waals surface area (Å²) in [7, 11) is 1.94. The Morgan fingerprint density at radius 2 is 2.15 bits per heavy atom. The van der Waals surface area contributed by atoms with E-state index in [9.17, 15) is 0 Å². The SMILES string of the molecule is CCc1ncc(CNCc2cc(C)nn2C)cc1C#N. The molecule has 0 unspecified atom stereocenters. The molecule has 1 N–H and O–H groups in total. The second-order valence-corrected chi connectivity index (χ2v) is 4.81. The zero-order chi connectivity index (χ0) is 14.5. The molecule has 2 aromatic heterocycles. The predicted octanol–water partition coefficient (Wildman–Crippen LogP) is 1.85. The predicted molar refractivity (Wildman–Crippen MR) is 76.8 cm³/mol. The lowest BCUT2D eigenvalue weighted by atomic mass is 10.1. The van der Waals surface area contributed by atoms with Crippen molar-refractivity contribution >= 4 is 0 Å². The van der Waals surface area contributed by atoms with Crippen molar-refractivity contribution in [1.82, 2.24) is 20.1 Å². The van der Waals surface area contributed by atoms with Gasteiger partial charge in [0.05, 0.1) is 22.6 Å². The zero-order valence-corrected chi connectivity index (χ0v) is 12.1. The van der Waals surface area contributed by atoms with E-state index in [0.29, 0.717) is 12.1 Å². The maximum Gasteiger partial charge on any atom is 0.101 e. The fourth-order valence-electron chi connectivity index (χ4n) is 2.18. The third-order valence-electron chi connectivity index (χ3n) is 3.22. The van der Waals surface area contributed by atoms with Crippen molar-refractivity contribution in [3.05, 3.63) is 46.5 Å². The molecule has 0 saturated heterocycles. The molecule has 0 atom stereocenters. The molecule has 0 fully saturated rings. The molecule has 20 heavy (non-hydrogen) atoms. The van der Waals surface area contributed by atoms with E-state index in [-0.39, 0.29) is 0 Å². The summed E-state index contributed by atoms with van der Waals surface area (Å²) in [5, 5.41) is 16.8. The van der Waals surface area contributed by atoms with Crippen LogP contribution in [0.4, 0.5) is 0 Å². The van der Waals surface area contributed by atoms with Gasteiger partial charge in [-0.1, -0.05) is 6.92 Å². The molecule has 5 nitrogen and oxygen atoms in total. The first kappa shape index (κ1) is 14.2. The van der Waals surface area contributed by atoms with Crippen LogP contribution in [0.1, 0.15) is 35.1 Å². The van der Waals surface area contributed by atoms with Gasteiger partial charge in [0.15, 0.2) is 0 Å². The average Bonchev–Trinajstić information content (AvgIpc) is 2.77. The molecule has 0 aromatic carbocycles. The molecule has 0 aliphatic carbocycles. The van der Waals surface area contributed by atoms with Gasteiger partial charge in [-0.05, 0) is 31.0 Å². The van der Waals surface area contributed by atoms with Crippen LogP contribution in [0, 0.1) is 18.3 Å². The standard InChI is InChI=1S/C15H19N5/c1-4-15-13(7-16)6-12(9-18-15)8-17-10-14-5-11(2)19-20(14)3/h5-6,9,17H,4,8,10H2,1-3H3. The van der Waals surface area contributed by atoms with Crippen LogP contribution in [-0.2, 0) is 26.6 Å². The lowest BCUT2D eigenvalue weighted by Crippen LogP contribution is -2.15. The lowest BCUT2D eigenvalue weighted by Gasteiger charge is -2.07. The Labute approximate surface area is 119 Å². The summed E-state index contributed by atoms with van der Waals surface area (Å²) in [6.07, 6.45) is 2.62.